The van der Waals surface area contributed by atoms with E-state index in [-0.39, 0.29) is 13.0 Å². The average Bonchev–Trinajstić information content (AvgIpc) is 2.62. The van der Waals surface area contributed by atoms with E-state index in [0.717, 1.165) is 5.56 Å². The molecule has 0 fully saturated rings. The van der Waals surface area contributed by atoms with Gasteiger partial charge in [-0.15, -0.1) is 0 Å². The normalized spacial score (nSPS) is 10.1. The molecule has 6 nitrogen and oxygen atoms in total. The molecular formula is C19H20ClNO5. The van der Waals surface area contributed by atoms with E-state index in [4.69, 9.17) is 25.8 Å². The highest BCUT2D eigenvalue weighted by molar-refractivity contribution is 6.31. The molecule has 0 aliphatic carbocycles. The Labute approximate surface area is 157 Å². The second-order valence-electron chi connectivity index (χ2n) is 5.42. The number of amides is 1. The fourth-order valence-corrected chi connectivity index (χ4v) is 2.32. The second kappa shape index (κ2) is 9.68. The highest BCUT2D eigenvalue weighted by atomic mass is 35.5. The predicted octanol–water partition coefficient (Wildman–Crippen LogP) is 3.61. The highest BCUT2D eigenvalue weighted by Gasteiger charge is 2.11. The number of carbonyl (C=O) groups is 2. The summed E-state index contributed by atoms with van der Waals surface area (Å²) in [6, 6.07) is 12.3. The summed E-state index contributed by atoms with van der Waals surface area (Å²) in [4.78, 5) is 23.6. The Bertz CT molecular complexity index is 778. The number of hydrogen-bond donors (Lipinski definition) is 1. The molecule has 2 rings (SSSR count). The van der Waals surface area contributed by atoms with Gasteiger partial charge in [0.2, 0.25) is 0 Å². The molecule has 1 N–H and O–H groups in total. The first-order valence-electron chi connectivity index (χ1n) is 7.97. The number of anilines is 1. The van der Waals surface area contributed by atoms with E-state index in [1.165, 1.54) is 7.11 Å². The Kier molecular flexibility index (Phi) is 7.29. The van der Waals surface area contributed by atoms with E-state index in [1.807, 2.05) is 31.2 Å². The van der Waals surface area contributed by atoms with Gasteiger partial charge in [0.25, 0.3) is 5.91 Å². The predicted molar refractivity (Wildman–Crippen MR) is 98.9 cm³/mol. The minimum atomic E-state index is -0.521. The maximum absolute atomic E-state index is 11.9. The number of halogens is 1. The Balaban J connectivity index is 1.74. The van der Waals surface area contributed by atoms with E-state index in [9.17, 15) is 9.59 Å². The molecule has 0 saturated carbocycles. The quantitative estimate of drug-likeness (QED) is 0.711. The second-order valence-corrected chi connectivity index (χ2v) is 5.85. The van der Waals surface area contributed by atoms with Crippen molar-refractivity contribution in [3.63, 3.8) is 0 Å². The van der Waals surface area contributed by atoms with E-state index < -0.39 is 18.5 Å². The zero-order valence-electron chi connectivity index (χ0n) is 14.6. The zero-order chi connectivity index (χ0) is 18.9. The van der Waals surface area contributed by atoms with E-state index in [1.54, 1.807) is 18.2 Å². The minimum Gasteiger partial charge on any atom is -0.495 e. The fraction of sp³-hybridized carbons (Fsp3) is 0.263. The van der Waals surface area contributed by atoms with Crippen LogP contribution >= 0.6 is 11.6 Å². The van der Waals surface area contributed by atoms with Crippen molar-refractivity contribution in [3.8, 4) is 11.5 Å². The molecule has 0 aliphatic rings. The molecule has 0 unspecified atom stereocenters. The number of nitrogens with one attached hydrogen (secondary N) is 1. The molecular weight excluding hydrogens is 358 g/mol. The van der Waals surface area contributed by atoms with Crippen LogP contribution in [0.4, 0.5) is 5.69 Å². The average molecular weight is 378 g/mol. The molecule has 0 atom stereocenters. The number of methoxy groups -OCH3 is 1. The van der Waals surface area contributed by atoms with Gasteiger partial charge in [-0.05, 0) is 36.8 Å². The standard InChI is InChI=1S/C19H20ClNO5/c1-13-5-3-4-6-16(13)25-10-9-19(23)26-12-18(22)21-15-11-14(20)7-8-17(15)24-2/h3-8,11H,9-10,12H2,1-2H3,(H,21,22). The van der Waals surface area contributed by atoms with Crippen molar-refractivity contribution in [1.82, 2.24) is 0 Å². The topological polar surface area (TPSA) is 73.9 Å². The van der Waals surface area contributed by atoms with Crippen molar-refractivity contribution in [2.24, 2.45) is 0 Å². The molecule has 2 aromatic carbocycles. The molecule has 0 aliphatic heterocycles. The maximum Gasteiger partial charge on any atom is 0.309 e. The van der Waals surface area contributed by atoms with Gasteiger partial charge in [-0.3, -0.25) is 9.59 Å². The van der Waals surface area contributed by atoms with Crippen LogP contribution in [-0.4, -0.2) is 32.2 Å². The Morgan fingerprint density at radius 1 is 1.12 bits per heavy atom. The van der Waals surface area contributed by atoms with Crippen LogP contribution in [0.5, 0.6) is 11.5 Å². The summed E-state index contributed by atoms with van der Waals surface area (Å²) in [7, 11) is 1.48. The van der Waals surface area contributed by atoms with Crippen LogP contribution < -0.4 is 14.8 Å². The largest absolute Gasteiger partial charge is 0.495 e. The summed E-state index contributed by atoms with van der Waals surface area (Å²) < 4.78 is 15.6. The number of esters is 1. The molecule has 26 heavy (non-hydrogen) atoms. The Morgan fingerprint density at radius 2 is 1.88 bits per heavy atom. The summed E-state index contributed by atoms with van der Waals surface area (Å²) >= 11 is 5.90. The third-order valence-corrected chi connectivity index (χ3v) is 3.69. The van der Waals surface area contributed by atoms with Crippen molar-refractivity contribution in [3.05, 3.63) is 53.1 Å². The molecule has 0 aromatic heterocycles. The summed E-state index contributed by atoms with van der Waals surface area (Å²) in [5.41, 5.74) is 1.39. The van der Waals surface area contributed by atoms with E-state index in [2.05, 4.69) is 5.32 Å². The number of aryl methyl sites for hydroxylation is 1. The van der Waals surface area contributed by atoms with Gasteiger partial charge in [-0.25, -0.2) is 0 Å². The van der Waals surface area contributed by atoms with Gasteiger partial charge in [0, 0.05) is 5.02 Å². The number of hydrogen-bond acceptors (Lipinski definition) is 5. The van der Waals surface area contributed by atoms with Crippen LogP contribution in [0.25, 0.3) is 0 Å². The van der Waals surface area contributed by atoms with Gasteiger partial charge in [0.05, 0.1) is 25.8 Å². The van der Waals surface area contributed by atoms with E-state index >= 15 is 0 Å². The molecule has 0 bridgehead atoms. The van der Waals surface area contributed by atoms with Crippen LogP contribution in [0.3, 0.4) is 0 Å². The third-order valence-electron chi connectivity index (χ3n) is 3.46. The Morgan fingerprint density at radius 3 is 2.62 bits per heavy atom. The van der Waals surface area contributed by atoms with Crippen molar-refractivity contribution in [2.45, 2.75) is 13.3 Å². The SMILES string of the molecule is COc1ccc(Cl)cc1NC(=O)COC(=O)CCOc1ccccc1C. The van der Waals surface area contributed by atoms with Crippen LogP contribution in [0, 0.1) is 6.92 Å². The summed E-state index contributed by atoms with van der Waals surface area (Å²) in [6.45, 7) is 1.69. The molecule has 0 saturated heterocycles. The first kappa shape index (κ1) is 19.6. The third kappa shape index (κ3) is 5.97. The van der Waals surface area contributed by atoms with E-state index in [0.29, 0.717) is 22.2 Å². The number of para-hydroxylation sites is 1. The summed E-state index contributed by atoms with van der Waals surface area (Å²) in [5, 5.41) is 3.04. The summed E-state index contributed by atoms with van der Waals surface area (Å²) in [5.74, 6) is 0.164. The number of benzene rings is 2. The molecule has 2 aromatic rings. The lowest BCUT2D eigenvalue weighted by atomic mass is 10.2. The maximum atomic E-state index is 11.9. The molecule has 138 valence electrons. The van der Waals surface area contributed by atoms with Gasteiger partial charge in [-0.1, -0.05) is 29.8 Å². The van der Waals surface area contributed by atoms with Crippen molar-refractivity contribution in [2.75, 3.05) is 25.6 Å². The first-order valence-corrected chi connectivity index (χ1v) is 8.35. The lowest BCUT2D eigenvalue weighted by Crippen LogP contribution is -2.22. The van der Waals surface area contributed by atoms with Gasteiger partial charge < -0.3 is 19.5 Å². The zero-order valence-corrected chi connectivity index (χ0v) is 15.3. The molecule has 0 radical (unpaired) electrons. The molecule has 7 heteroatoms. The lowest BCUT2D eigenvalue weighted by Gasteiger charge is -2.11. The van der Waals surface area contributed by atoms with Crippen LogP contribution in [-0.2, 0) is 14.3 Å². The number of rotatable bonds is 8. The highest BCUT2D eigenvalue weighted by Crippen LogP contribution is 2.27. The van der Waals surface area contributed by atoms with Crippen LogP contribution in [0.15, 0.2) is 42.5 Å². The molecule has 1 amide bonds. The van der Waals surface area contributed by atoms with Gasteiger partial charge in [0.1, 0.15) is 11.5 Å². The first-order chi connectivity index (χ1) is 12.5. The van der Waals surface area contributed by atoms with Gasteiger partial charge >= 0.3 is 5.97 Å². The van der Waals surface area contributed by atoms with Gasteiger partial charge in [-0.2, -0.15) is 0 Å². The van der Waals surface area contributed by atoms with Crippen LogP contribution in [0.1, 0.15) is 12.0 Å². The van der Waals surface area contributed by atoms with Crippen molar-refractivity contribution in [1.29, 1.82) is 0 Å². The number of ether oxygens (including phenoxy) is 3. The monoisotopic (exact) mass is 377 g/mol. The minimum absolute atomic E-state index is 0.0438. The Hall–Kier alpha value is -2.73. The van der Waals surface area contributed by atoms with Crippen LogP contribution in [0.2, 0.25) is 5.02 Å². The molecule has 0 spiro atoms. The number of carbonyl (C=O) groups excluding carboxylic acids is 2. The van der Waals surface area contributed by atoms with Crippen molar-refractivity contribution >= 4 is 29.2 Å². The fourth-order valence-electron chi connectivity index (χ4n) is 2.15. The van der Waals surface area contributed by atoms with Gasteiger partial charge in [0.15, 0.2) is 6.61 Å². The summed E-state index contributed by atoms with van der Waals surface area (Å²) in [6.07, 6.45) is 0.0438. The molecule has 0 heterocycles. The lowest BCUT2D eigenvalue weighted by molar-refractivity contribution is -0.147. The van der Waals surface area contributed by atoms with Crippen molar-refractivity contribution < 1.29 is 23.8 Å². The smallest absolute Gasteiger partial charge is 0.309 e.